The second-order valence-corrected chi connectivity index (χ2v) is 2.66. The van der Waals surface area contributed by atoms with Crippen molar-refractivity contribution in [2.24, 2.45) is 5.16 Å². The molecule has 0 aliphatic carbocycles. The van der Waals surface area contributed by atoms with Crippen molar-refractivity contribution in [1.82, 2.24) is 4.73 Å². The molecule has 2 N–H and O–H groups in total. The molecule has 0 bridgehead atoms. The Hall–Kier alpha value is -1.68. The third-order valence-corrected chi connectivity index (χ3v) is 1.90. The molecule has 0 saturated carbocycles. The number of hydrogen-bond donors (Lipinski definition) is 2. The van der Waals surface area contributed by atoms with E-state index < -0.39 is 0 Å². The van der Waals surface area contributed by atoms with Crippen molar-refractivity contribution >= 4 is 23.3 Å². The van der Waals surface area contributed by atoms with Gasteiger partial charge in [-0.1, -0.05) is 23.4 Å². The summed E-state index contributed by atoms with van der Waals surface area (Å²) in [5.74, 6) is 0. The Balaban J connectivity index is 0.000000980. The Kier molecular flexibility index (Phi) is 2.99. The van der Waals surface area contributed by atoms with Crippen molar-refractivity contribution in [3.8, 4) is 0 Å². The van der Waals surface area contributed by atoms with Crippen LogP contribution in [0.4, 0.5) is 0 Å². The van der Waals surface area contributed by atoms with E-state index in [1.54, 1.807) is 18.2 Å². The number of pyridine rings is 1. The van der Waals surface area contributed by atoms with Gasteiger partial charge in [0.25, 0.3) is 0 Å². The van der Waals surface area contributed by atoms with Gasteiger partial charge < -0.3 is 10.4 Å². The minimum Gasteiger partial charge on any atom is -0.426 e. The fourth-order valence-corrected chi connectivity index (χ4v) is 1.26. The van der Waals surface area contributed by atoms with Crippen molar-refractivity contribution in [2.75, 3.05) is 0 Å². The van der Waals surface area contributed by atoms with Crippen LogP contribution in [0.15, 0.2) is 41.6 Å². The zero-order valence-corrected chi connectivity index (χ0v) is 7.98. The zero-order valence-electron chi connectivity index (χ0n) is 7.16. The van der Waals surface area contributed by atoms with Gasteiger partial charge in [0.2, 0.25) is 5.49 Å². The van der Waals surface area contributed by atoms with Crippen LogP contribution in [0.5, 0.6) is 0 Å². The molecule has 0 spiro atoms. The van der Waals surface area contributed by atoms with Gasteiger partial charge in [-0.15, -0.1) is 12.4 Å². The Morgan fingerprint density at radius 1 is 1.07 bits per heavy atom. The van der Waals surface area contributed by atoms with E-state index in [1.165, 1.54) is 6.07 Å². The maximum absolute atomic E-state index is 9.51. The number of aromatic nitrogens is 1. The fraction of sp³-hybridized carbons (Fsp3) is 0. The minimum absolute atomic E-state index is 0. The minimum atomic E-state index is 0. The van der Waals surface area contributed by atoms with Gasteiger partial charge in [-0.25, -0.2) is 0 Å². The van der Waals surface area contributed by atoms with Crippen LogP contribution in [0.2, 0.25) is 0 Å². The normalized spacial score (nSPS) is 11.3. The molecule has 0 atom stereocenters. The van der Waals surface area contributed by atoms with Crippen LogP contribution in [0, 0.1) is 0 Å². The van der Waals surface area contributed by atoms with Crippen LogP contribution in [-0.2, 0) is 0 Å². The Bertz CT molecular complexity index is 507. The third-order valence-electron chi connectivity index (χ3n) is 1.90. The highest BCUT2D eigenvalue weighted by molar-refractivity contribution is 5.85. The van der Waals surface area contributed by atoms with Gasteiger partial charge in [0.15, 0.2) is 0 Å². The Morgan fingerprint density at radius 3 is 2.50 bits per heavy atom. The van der Waals surface area contributed by atoms with Crippen molar-refractivity contribution < 1.29 is 10.4 Å². The van der Waals surface area contributed by atoms with E-state index >= 15 is 0 Å². The first-order valence-electron chi connectivity index (χ1n) is 3.81. The van der Waals surface area contributed by atoms with Crippen LogP contribution in [0.25, 0.3) is 10.9 Å². The van der Waals surface area contributed by atoms with E-state index in [-0.39, 0.29) is 17.9 Å². The molecule has 1 aromatic heterocycles. The summed E-state index contributed by atoms with van der Waals surface area (Å²) in [6, 6.07) is 10.6. The van der Waals surface area contributed by atoms with E-state index in [4.69, 9.17) is 5.21 Å². The largest absolute Gasteiger partial charge is 0.426 e. The zero-order chi connectivity index (χ0) is 9.26. The van der Waals surface area contributed by atoms with Gasteiger partial charge in [0.1, 0.15) is 0 Å². The second-order valence-electron chi connectivity index (χ2n) is 2.66. The Labute approximate surface area is 86.1 Å². The fourth-order valence-electron chi connectivity index (χ4n) is 1.26. The molecule has 2 rings (SSSR count). The topological polar surface area (TPSA) is 57.8 Å². The predicted octanol–water partition coefficient (Wildman–Crippen LogP) is 1.59. The third kappa shape index (κ3) is 1.52. The summed E-state index contributed by atoms with van der Waals surface area (Å²) in [5.41, 5.74) is 0.719. The highest BCUT2D eigenvalue weighted by Gasteiger charge is 1.97. The summed E-state index contributed by atoms with van der Waals surface area (Å²) in [6.45, 7) is 0. The lowest BCUT2D eigenvalue weighted by Crippen LogP contribution is -2.18. The van der Waals surface area contributed by atoms with E-state index in [0.29, 0.717) is 5.52 Å². The van der Waals surface area contributed by atoms with E-state index in [9.17, 15) is 5.21 Å². The molecule has 0 amide bonds. The van der Waals surface area contributed by atoms with Gasteiger partial charge in [-0.3, -0.25) is 0 Å². The number of halogens is 1. The molecule has 14 heavy (non-hydrogen) atoms. The second kappa shape index (κ2) is 4.02. The molecule has 5 heteroatoms. The van der Waals surface area contributed by atoms with Crippen LogP contribution in [-0.4, -0.2) is 15.1 Å². The molecule has 0 aliphatic rings. The molecule has 1 heterocycles. The number of fused-ring (bicyclic) bond motifs is 1. The lowest BCUT2D eigenvalue weighted by atomic mass is 10.2. The van der Waals surface area contributed by atoms with Gasteiger partial charge >= 0.3 is 0 Å². The van der Waals surface area contributed by atoms with Crippen LogP contribution >= 0.6 is 12.4 Å². The lowest BCUT2D eigenvalue weighted by molar-refractivity contribution is 0.170. The molecule has 1 aromatic carbocycles. The Morgan fingerprint density at radius 2 is 1.79 bits per heavy atom. The molecule has 0 aliphatic heterocycles. The van der Waals surface area contributed by atoms with Gasteiger partial charge in [-0.2, -0.15) is 4.73 Å². The summed E-state index contributed by atoms with van der Waals surface area (Å²) >= 11 is 0. The molecular weight excluding hydrogens is 204 g/mol. The van der Waals surface area contributed by atoms with Crippen molar-refractivity contribution in [1.29, 1.82) is 0 Å². The summed E-state index contributed by atoms with van der Waals surface area (Å²) in [7, 11) is 0. The summed E-state index contributed by atoms with van der Waals surface area (Å²) in [5, 5.41) is 21.9. The monoisotopic (exact) mass is 212 g/mol. The predicted molar refractivity (Wildman–Crippen MR) is 53.7 cm³/mol. The van der Waals surface area contributed by atoms with Gasteiger partial charge in [0.05, 0.1) is 5.52 Å². The standard InChI is InChI=1S/C9H8N2O2.ClH/c12-10-9-6-5-7-3-1-2-4-8(7)11(9)13;/h1-6,12-13H;1H/b10-9+;. The van der Waals surface area contributed by atoms with E-state index in [1.807, 2.05) is 12.1 Å². The van der Waals surface area contributed by atoms with Crippen LogP contribution in [0.3, 0.4) is 0 Å². The molecule has 2 aromatic rings. The summed E-state index contributed by atoms with van der Waals surface area (Å²) < 4.78 is 0.843. The number of benzene rings is 1. The van der Waals surface area contributed by atoms with Crippen LogP contribution in [0.1, 0.15) is 0 Å². The van der Waals surface area contributed by atoms with Crippen molar-refractivity contribution in [2.45, 2.75) is 0 Å². The number of rotatable bonds is 0. The smallest absolute Gasteiger partial charge is 0.207 e. The highest BCUT2D eigenvalue weighted by atomic mass is 35.5. The summed E-state index contributed by atoms with van der Waals surface area (Å²) in [4.78, 5) is 0. The number of hydrogen-bond acceptors (Lipinski definition) is 3. The van der Waals surface area contributed by atoms with E-state index in [2.05, 4.69) is 5.16 Å². The van der Waals surface area contributed by atoms with Gasteiger partial charge in [0, 0.05) is 5.39 Å². The number of nitrogens with zero attached hydrogens (tertiary/aromatic N) is 2. The molecule has 0 saturated heterocycles. The maximum Gasteiger partial charge on any atom is 0.207 e. The first kappa shape index (κ1) is 10.4. The quantitative estimate of drug-likeness (QED) is 0.396. The molecule has 4 nitrogen and oxygen atoms in total. The molecule has 74 valence electrons. The molecule has 0 unspecified atom stereocenters. The first-order valence-corrected chi connectivity index (χ1v) is 3.81. The molecular formula is C9H9ClN2O2. The lowest BCUT2D eigenvalue weighted by Gasteiger charge is -2.02. The maximum atomic E-state index is 9.51. The molecule has 0 fully saturated rings. The molecule has 0 radical (unpaired) electrons. The average molecular weight is 213 g/mol. The van der Waals surface area contributed by atoms with E-state index in [0.717, 1.165) is 10.1 Å². The van der Waals surface area contributed by atoms with Crippen LogP contribution < -0.4 is 5.49 Å². The van der Waals surface area contributed by atoms with Gasteiger partial charge in [-0.05, 0) is 18.2 Å². The average Bonchev–Trinajstić information content (AvgIpc) is 2.19. The first-order chi connectivity index (χ1) is 6.33. The SMILES string of the molecule is Cl.O/N=c1\ccc2ccccc2n1O. The van der Waals surface area contributed by atoms with Crippen molar-refractivity contribution in [3.05, 3.63) is 41.9 Å². The highest BCUT2D eigenvalue weighted by Crippen LogP contribution is 2.08. The number of para-hydroxylation sites is 1. The van der Waals surface area contributed by atoms with Crippen molar-refractivity contribution in [3.63, 3.8) is 0 Å². The summed E-state index contributed by atoms with van der Waals surface area (Å²) in [6.07, 6.45) is 0.